The third-order valence-corrected chi connectivity index (χ3v) is 15.7. The van der Waals surface area contributed by atoms with Crippen LogP contribution in [0.4, 0.5) is 17.1 Å². The zero-order chi connectivity index (χ0) is 42.2. The summed E-state index contributed by atoms with van der Waals surface area (Å²) >= 11 is 3.74. The van der Waals surface area contributed by atoms with E-state index in [1.165, 1.54) is 96.0 Å². The number of thiophene rings is 2. The van der Waals surface area contributed by atoms with Crippen molar-refractivity contribution in [2.75, 3.05) is 4.90 Å². The fourth-order valence-electron chi connectivity index (χ4n) is 10.6. The summed E-state index contributed by atoms with van der Waals surface area (Å²) in [7, 11) is 0. The molecular formula is C61H39NS2. The first-order valence-electron chi connectivity index (χ1n) is 21.9. The Balaban J connectivity index is 0.989. The Morgan fingerprint density at radius 3 is 1.27 bits per heavy atom. The Morgan fingerprint density at radius 1 is 0.297 bits per heavy atom. The van der Waals surface area contributed by atoms with E-state index in [1.54, 1.807) is 0 Å². The fourth-order valence-corrected chi connectivity index (χ4v) is 12.9. The smallest absolute Gasteiger partial charge is 0.0713 e. The van der Waals surface area contributed by atoms with Gasteiger partial charge in [0.2, 0.25) is 0 Å². The molecule has 0 saturated carbocycles. The van der Waals surface area contributed by atoms with Crippen molar-refractivity contribution in [1.29, 1.82) is 0 Å². The van der Waals surface area contributed by atoms with Gasteiger partial charge in [-0.05, 0) is 116 Å². The Kier molecular flexibility index (Phi) is 8.55. The highest BCUT2D eigenvalue weighted by molar-refractivity contribution is 7.26. The molecule has 1 aliphatic carbocycles. The monoisotopic (exact) mass is 849 g/mol. The molecule has 1 nitrogen and oxygen atoms in total. The highest BCUT2D eigenvalue weighted by Crippen LogP contribution is 2.57. The molecule has 64 heavy (non-hydrogen) atoms. The molecule has 0 spiro atoms. The Morgan fingerprint density at radius 2 is 0.719 bits per heavy atom. The molecule has 300 valence electrons. The lowest BCUT2D eigenvalue weighted by Gasteiger charge is -2.34. The number of hydrogen-bond donors (Lipinski definition) is 0. The topological polar surface area (TPSA) is 3.24 Å². The molecule has 0 bridgehead atoms. The summed E-state index contributed by atoms with van der Waals surface area (Å²) in [5.41, 5.74) is 15.5. The second-order valence-electron chi connectivity index (χ2n) is 16.7. The van der Waals surface area contributed by atoms with Gasteiger partial charge in [-0.3, -0.25) is 0 Å². The molecule has 0 saturated heterocycles. The van der Waals surface area contributed by atoms with E-state index >= 15 is 0 Å². The molecule has 0 aliphatic heterocycles. The third kappa shape index (κ3) is 5.61. The molecule has 10 aromatic carbocycles. The van der Waals surface area contributed by atoms with E-state index in [0.717, 1.165) is 17.1 Å². The number of anilines is 3. The number of benzene rings is 10. The number of hydrogen-bond acceptors (Lipinski definition) is 3. The fraction of sp³-hybridized carbons (Fsp3) is 0.0164. The molecule has 0 unspecified atom stereocenters. The molecule has 0 N–H and O–H groups in total. The van der Waals surface area contributed by atoms with Gasteiger partial charge in [0.15, 0.2) is 0 Å². The minimum Gasteiger partial charge on any atom is -0.310 e. The van der Waals surface area contributed by atoms with Gasteiger partial charge in [-0.1, -0.05) is 176 Å². The van der Waals surface area contributed by atoms with E-state index in [1.807, 2.05) is 22.7 Å². The van der Waals surface area contributed by atoms with E-state index in [0.29, 0.717) is 0 Å². The first kappa shape index (κ1) is 37.0. The zero-order valence-corrected chi connectivity index (χ0v) is 36.4. The van der Waals surface area contributed by atoms with Gasteiger partial charge in [0.05, 0.1) is 5.41 Å². The van der Waals surface area contributed by atoms with Crippen LogP contribution in [0.25, 0.3) is 73.7 Å². The molecule has 1 aliphatic rings. The number of fused-ring (bicyclic) bond motifs is 9. The summed E-state index contributed by atoms with van der Waals surface area (Å²) in [6.45, 7) is 0. The molecule has 2 aromatic heterocycles. The van der Waals surface area contributed by atoms with Crippen LogP contribution in [-0.2, 0) is 5.41 Å². The van der Waals surface area contributed by atoms with Crippen LogP contribution >= 0.6 is 22.7 Å². The summed E-state index contributed by atoms with van der Waals surface area (Å²) < 4.78 is 5.27. The van der Waals surface area contributed by atoms with Gasteiger partial charge in [0, 0.05) is 57.4 Å². The van der Waals surface area contributed by atoms with Crippen molar-refractivity contribution >= 4 is 80.1 Å². The van der Waals surface area contributed by atoms with Gasteiger partial charge < -0.3 is 4.90 Å². The van der Waals surface area contributed by atoms with Gasteiger partial charge in [-0.2, -0.15) is 0 Å². The average Bonchev–Trinajstić information content (AvgIpc) is 4.04. The first-order chi connectivity index (χ1) is 31.7. The Bertz CT molecular complexity index is 3520. The van der Waals surface area contributed by atoms with Gasteiger partial charge in [-0.15, -0.1) is 22.7 Å². The molecule has 3 heteroatoms. The van der Waals surface area contributed by atoms with Gasteiger partial charge in [0.25, 0.3) is 0 Å². The van der Waals surface area contributed by atoms with Crippen LogP contribution in [0.5, 0.6) is 0 Å². The number of nitrogens with zero attached hydrogens (tertiary/aromatic N) is 1. The van der Waals surface area contributed by atoms with Crippen LogP contribution in [0, 0.1) is 0 Å². The van der Waals surface area contributed by atoms with Gasteiger partial charge in [-0.25, -0.2) is 0 Å². The predicted molar refractivity (Wildman–Crippen MR) is 275 cm³/mol. The Hall–Kier alpha value is -7.56. The summed E-state index contributed by atoms with van der Waals surface area (Å²) in [5, 5.41) is 5.29. The van der Waals surface area contributed by atoms with Crippen LogP contribution in [0.3, 0.4) is 0 Å². The van der Waals surface area contributed by atoms with Crippen molar-refractivity contribution in [1.82, 2.24) is 0 Å². The van der Waals surface area contributed by atoms with Crippen molar-refractivity contribution in [2.24, 2.45) is 0 Å². The maximum atomic E-state index is 2.43. The van der Waals surface area contributed by atoms with Crippen LogP contribution in [0.2, 0.25) is 0 Å². The number of rotatable bonds is 7. The average molecular weight is 850 g/mol. The maximum absolute atomic E-state index is 2.43. The molecule has 13 rings (SSSR count). The summed E-state index contributed by atoms with van der Waals surface area (Å²) in [5.74, 6) is 0. The molecule has 0 amide bonds. The lowest BCUT2D eigenvalue weighted by Crippen LogP contribution is -2.28. The molecule has 2 heterocycles. The molecule has 12 aromatic rings. The maximum Gasteiger partial charge on any atom is 0.0713 e. The van der Waals surface area contributed by atoms with Gasteiger partial charge >= 0.3 is 0 Å². The van der Waals surface area contributed by atoms with Crippen molar-refractivity contribution in [2.45, 2.75) is 5.41 Å². The van der Waals surface area contributed by atoms with Crippen LogP contribution in [0.15, 0.2) is 237 Å². The summed E-state index contributed by atoms with van der Waals surface area (Å²) in [6.07, 6.45) is 0. The van der Waals surface area contributed by atoms with Crippen LogP contribution in [0.1, 0.15) is 22.3 Å². The van der Waals surface area contributed by atoms with Gasteiger partial charge in [0.1, 0.15) is 0 Å². The molecule has 0 atom stereocenters. The normalized spacial score (nSPS) is 12.8. The SMILES string of the molecule is c1ccc(C2(c3ccccc3)c3ccccc3-c3cc(N(c4ccc(-c5cccc6sc7ccccc7c56)cc4)c4ccc(-c5cccc6sc7ccccc7c56)cc4)ccc32)cc1. The predicted octanol–water partition coefficient (Wildman–Crippen LogP) is 17.6. The second kappa shape index (κ2) is 14.8. The summed E-state index contributed by atoms with van der Waals surface area (Å²) in [6, 6.07) is 87.7. The molecular weight excluding hydrogens is 811 g/mol. The van der Waals surface area contributed by atoms with Crippen molar-refractivity contribution in [3.05, 3.63) is 259 Å². The Labute approximate surface area is 380 Å². The largest absolute Gasteiger partial charge is 0.310 e. The van der Waals surface area contributed by atoms with E-state index in [-0.39, 0.29) is 0 Å². The quantitative estimate of drug-likeness (QED) is 0.154. The molecule has 0 radical (unpaired) electrons. The lowest BCUT2D eigenvalue weighted by molar-refractivity contribution is 0.768. The zero-order valence-electron chi connectivity index (χ0n) is 34.8. The van der Waals surface area contributed by atoms with Crippen molar-refractivity contribution in [3.63, 3.8) is 0 Å². The minimum atomic E-state index is -0.458. The van der Waals surface area contributed by atoms with E-state index in [4.69, 9.17) is 0 Å². The first-order valence-corrected chi connectivity index (χ1v) is 23.5. The van der Waals surface area contributed by atoms with E-state index < -0.39 is 5.41 Å². The minimum absolute atomic E-state index is 0.458. The van der Waals surface area contributed by atoms with Crippen molar-refractivity contribution in [3.8, 4) is 33.4 Å². The van der Waals surface area contributed by atoms with E-state index in [2.05, 4.69) is 241 Å². The molecule has 0 fully saturated rings. The van der Waals surface area contributed by atoms with Crippen molar-refractivity contribution < 1.29 is 0 Å². The van der Waals surface area contributed by atoms with Crippen LogP contribution < -0.4 is 4.90 Å². The highest BCUT2D eigenvalue weighted by atomic mass is 32.1. The second-order valence-corrected chi connectivity index (χ2v) is 18.9. The van der Waals surface area contributed by atoms with Crippen LogP contribution in [-0.4, -0.2) is 0 Å². The highest BCUT2D eigenvalue weighted by Gasteiger charge is 2.46. The lowest BCUT2D eigenvalue weighted by atomic mass is 9.68. The van der Waals surface area contributed by atoms with E-state index in [9.17, 15) is 0 Å². The summed E-state index contributed by atoms with van der Waals surface area (Å²) in [4.78, 5) is 2.43. The third-order valence-electron chi connectivity index (χ3n) is 13.4. The standard InChI is InChI=1S/C61H39NS2/c1-3-15-42(16-4-1)61(43-17-5-2-6-18-43)53-24-10-7-19-49(53)52-39-46(37-38-54(52)61)62(44-33-29-40(30-34-44)47-22-13-27-57-59(47)50-20-8-11-25-55(50)63-57)45-35-31-41(32-36-45)48-23-14-28-58-60(48)51-21-9-12-26-56(51)64-58/h1-39H.